The smallest absolute Gasteiger partial charge is 0.319 e. The monoisotopic (exact) mass is 408 g/mol. The summed E-state index contributed by atoms with van der Waals surface area (Å²) in [6.07, 6.45) is 2.90. The number of hydrogen-bond donors (Lipinski definition) is 3. The Morgan fingerprint density at radius 3 is 2.60 bits per heavy atom. The van der Waals surface area contributed by atoms with Gasteiger partial charge in [-0.2, -0.15) is 0 Å². The van der Waals surface area contributed by atoms with Gasteiger partial charge in [-0.15, -0.1) is 0 Å². The zero-order chi connectivity index (χ0) is 21.5. The number of amides is 3. The number of nitrogens with one attached hydrogen (secondary N) is 3. The van der Waals surface area contributed by atoms with Crippen LogP contribution in [0.15, 0.2) is 42.5 Å². The van der Waals surface area contributed by atoms with E-state index in [0.29, 0.717) is 17.8 Å². The number of fused-ring (bicyclic) bond motifs is 1. The van der Waals surface area contributed by atoms with Crippen molar-refractivity contribution in [1.82, 2.24) is 10.6 Å². The number of benzene rings is 2. The molecule has 0 radical (unpaired) electrons. The van der Waals surface area contributed by atoms with Crippen LogP contribution >= 0.6 is 0 Å². The van der Waals surface area contributed by atoms with Gasteiger partial charge in [-0.1, -0.05) is 37.6 Å². The van der Waals surface area contributed by atoms with Gasteiger partial charge >= 0.3 is 6.03 Å². The van der Waals surface area contributed by atoms with Crippen LogP contribution in [0.1, 0.15) is 55.1 Å². The van der Waals surface area contributed by atoms with E-state index in [9.17, 15) is 9.59 Å². The molecule has 2 aromatic carbocycles. The second kappa shape index (κ2) is 10.1. The summed E-state index contributed by atoms with van der Waals surface area (Å²) < 4.78 is 0. The van der Waals surface area contributed by atoms with E-state index in [1.54, 1.807) is 6.07 Å². The first-order valence-corrected chi connectivity index (χ1v) is 10.8. The van der Waals surface area contributed by atoms with Crippen molar-refractivity contribution in [1.29, 1.82) is 0 Å². The van der Waals surface area contributed by atoms with Crippen molar-refractivity contribution in [3.8, 4) is 0 Å². The molecule has 3 rings (SSSR count). The van der Waals surface area contributed by atoms with Gasteiger partial charge < -0.3 is 20.9 Å². The highest BCUT2D eigenvalue weighted by atomic mass is 16.2. The molecule has 2 aromatic rings. The van der Waals surface area contributed by atoms with Gasteiger partial charge in [0.2, 0.25) is 0 Å². The number of unbranched alkanes of at least 4 members (excludes halogenated alkanes) is 1. The average Bonchev–Trinajstić information content (AvgIpc) is 2.73. The van der Waals surface area contributed by atoms with Crippen molar-refractivity contribution in [3.05, 3.63) is 59.2 Å². The van der Waals surface area contributed by atoms with E-state index in [0.717, 1.165) is 38.0 Å². The zero-order valence-corrected chi connectivity index (χ0v) is 18.1. The topological polar surface area (TPSA) is 73.5 Å². The molecule has 1 heterocycles. The highest BCUT2D eigenvalue weighted by molar-refractivity contribution is 6.02. The minimum absolute atomic E-state index is 0.0291. The van der Waals surface area contributed by atoms with Gasteiger partial charge in [0, 0.05) is 37.1 Å². The zero-order valence-electron chi connectivity index (χ0n) is 18.1. The number of carbonyl (C=O) groups is 2. The van der Waals surface area contributed by atoms with Gasteiger partial charge in [-0.05, 0) is 56.0 Å². The Balaban J connectivity index is 1.83. The third-order valence-electron chi connectivity index (χ3n) is 5.21. The highest BCUT2D eigenvalue weighted by Crippen LogP contribution is 2.29. The molecule has 30 heavy (non-hydrogen) atoms. The van der Waals surface area contributed by atoms with E-state index in [4.69, 9.17) is 0 Å². The molecule has 6 nitrogen and oxygen atoms in total. The van der Waals surface area contributed by atoms with Gasteiger partial charge in [-0.25, -0.2) is 4.79 Å². The molecular formula is C24H32N4O2. The lowest BCUT2D eigenvalue weighted by atomic mass is 9.98. The second-order valence-electron chi connectivity index (χ2n) is 8.03. The Bertz CT molecular complexity index is 895. The molecule has 0 aromatic heterocycles. The molecule has 0 saturated heterocycles. The van der Waals surface area contributed by atoms with Crippen molar-refractivity contribution >= 4 is 23.3 Å². The van der Waals surface area contributed by atoms with E-state index in [-0.39, 0.29) is 18.0 Å². The molecule has 1 aliphatic rings. The fraction of sp³-hybridized carbons (Fsp3) is 0.417. The summed E-state index contributed by atoms with van der Waals surface area (Å²) in [7, 11) is 0. The van der Waals surface area contributed by atoms with Crippen LogP contribution < -0.4 is 20.9 Å². The summed E-state index contributed by atoms with van der Waals surface area (Å²) in [4.78, 5) is 27.3. The van der Waals surface area contributed by atoms with E-state index >= 15 is 0 Å². The van der Waals surface area contributed by atoms with Crippen LogP contribution in [-0.4, -0.2) is 31.1 Å². The van der Waals surface area contributed by atoms with Gasteiger partial charge in [0.25, 0.3) is 5.91 Å². The highest BCUT2D eigenvalue weighted by Gasteiger charge is 2.22. The predicted octanol–water partition coefficient (Wildman–Crippen LogP) is 4.31. The molecule has 0 bridgehead atoms. The van der Waals surface area contributed by atoms with E-state index in [1.165, 1.54) is 11.1 Å². The quantitative estimate of drug-likeness (QED) is 0.598. The number of nitrogens with zero attached hydrogens (tertiary/aromatic N) is 1. The summed E-state index contributed by atoms with van der Waals surface area (Å²) in [5.74, 6) is -0.131. The summed E-state index contributed by atoms with van der Waals surface area (Å²) in [5, 5.41) is 8.67. The number of urea groups is 1. The van der Waals surface area contributed by atoms with Gasteiger partial charge in [-0.3, -0.25) is 4.79 Å². The molecule has 0 saturated carbocycles. The Hall–Kier alpha value is -3.02. The second-order valence-corrected chi connectivity index (χ2v) is 8.03. The summed E-state index contributed by atoms with van der Waals surface area (Å²) in [5.41, 5.74) is 4.73. The molecule has 1 aliphatic heterocycles. The van der Waals surface area contributed by atoms with Gasteiger partial charge in [0.05, 0.1) is 5.56 Å². The fourth-order valence-corrected chi connectivity index (χ4v) is 3.67. The van der Waals surface area contributed by atoms with Crippen molar-refractivity contribution in [2.75, 3.05) is 23.3 Å². The largest absolute Gasteiger partial charge is 0.366 e. The molecule has 3 N–H and O–H groups in total. The summed E-state index contributed by atoms with van der Waals surface area (Å²) in [6.45, 7) is 8.22. The minimum atomic E-state index is -0.252. The van der Waals surface area contributed by atoms with E-state index in [2.05, 4.69) is 52.0 Å². The molecule has 160 valence electrons. The lowest BCUT2D eigenvalue weighted by molar-refractivity contribution is 0.0943. The van der Waals surface area contributed by atoms with Crippen LogP contribution in [0.25, 0.3) is 0 Å². The lowest BCUT2D eigenvalue weighted by Gasteiger charge is -2.32. The molecule has 0 spiro atoms. The maximum absolute atomic E-state index is 12.9. The lowest BCUT2D eigenvalue weighted by Crippen LogP contribution is -2.35. The van der Waals surface area contributed by atoms with Crippen LogP contribution in [0.2, 0.25) is 0 Å². The normalized spacial score (nSPS) is 13.0. The maximum atomic E-state index is 12.9. The number of anilines is 2. The molecule has 0 unspecified atom stereocenters. The van der Waals surface area contributed by atoms with Crippen molar-refractivity contribution in [2.24, 2.45) is 0 Å². The Morgan fingerprint density at radius 2 is 1.87 bits per heavy atom. The predicted molar refractivity (Wildman–Crippen MR) is 122 cm³/mol. The minimum Gasteiger partial charge on any atom is -0.366 e. The average molecular weight is 409 g/mol. The molecule has 6 heteroatoms. The van der Waals surface area contributed by atoms with Crippen LogP contribution in [0, 0.1) is 0 Å². The van der Waals surface area contributed by atoms with Gasteiger partial charge in [0.15, 0.2) is 0 Å². The van der Waals surface area contributed by atoms with Crippen molar-refractivity contribution in [3.63, 3.8) is 0 Å². The summed E-state index contributed by atoms with van der Waals surface area (Å²) >= 11 is 0. The Labute approximate surface area is 179 Å². The molecule has 3 amide bonds. The standard InChI is InChI=1S/C24H32N4O2/c1-4-5-13-25-24(30)27-20-10-11-22(21(15-20)23(29)26-17(2)3)28-14-12-18-8-6-7-9-19(18)16-28/h6-11,15,17H,4-5,12-14,16H2,1-3H3,(H,26,29)(H2,25,27,30). The molecule has 0 fully saturated rings. The van der Waals surface area contributed by atoms with Crippen LogP contribution in [0.5, 0.6) is 0 Å². The van der Waals surface area contributed by atoms with E-state index < -0.39 is 0 Å². The third-order valence-corrected chi connectivity index (χ3v) is 5.21. The summed E-state index contributed by atoms with van der Waals surface area (Å²) in [6, 6.07) is 13.8. The fourth-order valence-electron chi connectivity index (χ4n) is 3.67. The van der Waals surface area contributed by atoms with Crippen LogP contribution in [0.4, 0.5) is 16.2 Å². The van der Waals surface area contributed by atoms with E-state index in [1.807, 2.05) is 26.0 Å². The number of carbonyl (C=O) groups excluding carboxylic acids is 2. The SMILES string of the molecule is CCCCNC(=O)Nc1ccc(N2CCc3ccccc3C2)c(C(=O)NC(C)C)c1. The Morgan fingerprint density at radius 1 is 1.10 bits per heavy atom. The first-order valence-electron chi connectivity index (χ1n) is 10.8. The number of hydrogen-bond acceptors (Lipinski definition) is 3. The maximum Gasteiger partial charge on any atom is 0.319 e. The molecule has 0 aliphatic carbocycles. The van der Waals surface area contributed by atoms with Crippen molar-refractivity contribution in [2.45, 2.75) is 52.6 Å². The first kappa shape index (κ1) is 21.7. The van der Waals surface area contributed by atoms with Crippen LogP contribution in [-0.2, 0) is 13.0 Å². The van der Waals surface area contributed by atoms with Gasteiger partial charge in [0.1, 0.15) is 0 Å². The molecule has 0 atom stereocenters. The molecular weight excluding hydrogens is 376 g/mol. The van der Waals surface area contributed by atoms with Crippen LogP contribution in [0.3, 0.4) is 0 Å². The Kier molecular flexibility index (Phi) is 7.33. The van der Waals surface area contributed by atoms with Crippen molar-refractivity contribution < 1.29 is 9.59 Å². The third kappa shape index (κ3) is 5.53. The number of rotatable bonds is 7. The first-order chi connectivity index (χ1) is 14.5.